The lowest BCUT2D eigenvalue weighted by Crippen LogP contribution is -2.25. The lowest BCUT2D eigenvalue weighted by molar-refractivity contribution is 0.298. The molecule has 2 fully saturated rings. The predicted molar refractivity (Wildman–Crippen MR) is 204 cm³/mol. The highest BCUT2D eigenvalue weighted by molar-refractivity contribution is 7.91. The van der Waals surface area contributed by atoms with Crippen molar-refractivity contribution in [3.8, 4) is 0 Å². The topological polar surface area (TPSA) is 98.8 Å². The number of fused-ring (bicyclic) bond motifs is 6. The zero-order valence-corrected chi connectivity index (χ0v) is 32.1. The lowest BCUT2D eigenvalue weighted by atomic mass is 9.91. The molecule has 2 saturated heterocycles. The molecule has 0 amide bonds. The summed E-state index contributed by atoms with van der Waals surface area (Å²) in [6.07, 6.45) is 4.14. The minimum absolute atomic E-state index is 0.0743. The van der Waals surface area contributed by atoms with Gasteiger partial charge in [0.05, 0.1) is 19.6 Å². The first-order valence-corrected chi connectivity index (χ1v) is 21.6. The largest absolute Gasteiger partial charge is 0.381 e. The van der Waals surface area contributed by atoms with Crippen molar-refractivity contribution in [2.45, 2.75) is 90.0 Å². The van der Waals surface area contributed by atoms with Crippen LogP contribution in [0.4, 0.5) is 20.2 Å². The van der Waals surface area contributed by atoms with Crippen molar-refractivity contribution >= 4 is 31.0 Å². The van der Waals surface area contributed by atoms with Crippen molar-refractivity contribution in [3.05, 3.63) is 107 Å². The molecule has 53 heavy (non-hydrogen) atoms. The van der Waals surface area contributed by atoms with E-state index in [1.807, 2.05) is 31.2 Å². The Hall–Kier alpha value is -3.84. The minimum Gasteiger partial charge on any atom is -0.381 e. The van der Waals surface area contributed by atoms with Crippen LogP contribution in [0.25, 0.3) is 0 Å². The smallest absolute Gasteiger partial charge is 0.206 e. The molecule has 0 radical (unpaired) electrons. The number of anilines is 2. The fourth-order valence-corrected chi connectivity index (χ4v) is 11.0. The summed E-state index contributed by atoms with van der Waals surface area (Å²) in [5.74, 6) is -1.16. The van der Waals surface area contributed by atoms with E-state index < -0.39 is 31.3 Å². The van der Waals surface area contributed by atoms with Crippen LogP contribution in [0.5, 0.6) is 0 Å². The van der Waals surface area contributed by atoms with Crippen LogP contribution in [0.1, 0.15) is 68.1 Å². The summed E-state index contributed by atoms with van der Waals surface area (Å²) >= 11 is 0. The number of aryl methyl sites for hydroxylation is 1. The van der Waals surface area contributed by atoms with Crippen molar-refractivity contribution in [3.63, 3.8) is 0 Å². The van der Waals surface area contributed by atoms with Crippen LogP contribution in [-0.4, -0.2) is 78.0 Å². The molecule has 4 atom stereocenters. The number of nitrogens with one attached hydrogen (secondary N) is 2. The summed E-state index contributed by atoms with van der Waals surface area (Å²) in [7, 11) is -7.46. The van der Waals surface area contributed by atoms with Crippen molar-refractivity contribution in [2.75, 3.05) is 49.9 Å². The number of likely N-dealkylation sites (tertiary alicyclic amines) is 2. The molecule has 0 saturated carbocycles. The van der Waals surface area contributed by atoms with E-state index in [9.17, 15) is 25.6 Å². The Bertz CT molecular complexity index is 2180. The monoisotopic (exact) mass is 762 g/mol. The van der Waals surface area contributed by atoms with Crippen LogP contribution >= 0.6 is 0 Å². The maximum atomic E-state index is 13.5. The molecule has 282 valence electrons. The first-order valence-electron chi connectivity index (χ1n) is 18.7. The van der Waals surface area contributed by atoms with Crippen LogP contribution in [0, 0.1) is 18.6 Å². The zero-order valence-electron chi connectivity index (χ0n) is 30.5. The van der Waals surface area contributed by atoms with Crippen molar-refractivity contribution < 1.29 is 25.6 Å². The number of rotatable bonds is 6. The normalized spacial score (nSPS) is 22.8. The van der Waals surface area contributed by atoms with Crippen LogP contribution in [0.15, 0.2) is 98.4 Å². The minimum atomic E-state index is -3.99. The van der Waals surface area contributed by atoms with Gasteiger partial charge < -0.3 is 20.4 Å². The van der Waals surface area contributed by atoms with Gasteiger partial charge in [-0.1, -0.05) is 31.5 Å². The maximum absolute atomic E-state index is 13.5. The molecule has 4 aromatic rings. The second kappa shape index (κ2) is 15.1. The van der Waals surface area contributed by atoms with Gasteiger partial charge in [0.2, 0.25) is 19.7 Å². The van der Waals surface area contributed by atoms with Gasteiger partial charge in [-0.15, -0.1) is 0 Å². The van der Waals surface area contributed by atoms with Crippen molar-refractivity contribution in [1.29, 1.82) is 0 Å². The van der Waals surface area contributed by atoms with Crippen molar-refractivity contribution in [1.82, 2.24) is 9.80 Å². The van der Waals surface area contributed by atoms with Crippen LogP contribution in [0.3, 0.4) is 0 Å². The molecule has 12 heteroatoms. The van der Waals surface area contributed by atoms with Gasteiger partial charge in [0.15, 0.2) is 0 Å². The highest BCUT2D eigenvalue weighted by atomic mass is 32.2. The molecule has 8 nitrogen and oxygen atoms in total. The summed E-state index contributed by atoms with van der Waals surface area (Å²) in [6, 6.07) is 20.7. The summed E-state index contributed by atoms with van der Waals surface area (Å²) < 4.78 is 78.9. The molecular weight excluding hydrogens is 715 g/mol. The molecule has 4 heterocycles. The van der Waals surface area contributed by atoms with Gasteiger partial charge >= 0.3 is 0 Å². The quantitative estimate of drug-likeness (QED) is 0.207. The zero-order chi connectivity index (χ0) is 37.5. The molecule has 4 aliphatic rings. The summed E-state index contributed by atoms with van der Waals surface area (Å²) in [5.41, 5.74) is 5.27. The van der Waals surface area contributed by atoms with Gasteiger partial charge in [0.1, 0.15) is 11.6 Å². The third kappa shape index (κ3) is 7.61. The third-order valence-electron chi connectivity index (χ3n) is 11.5. The molecule has 0 spiro atoms. The predicted octanol–water partition coefficient (Wildman–Crippen LogP) is 7.61. The molecule has 4 aliphatic heterocycles. The van der Waals surface area contributed by atoms with Crippen LogP contribution in [-0.2, 0) is 19.7 Å². The summed E-state index contributed by atoms with van der Waals surface area (Å²) in [4.78, 5) is 5.36. The van der Waals surface area contributed by atoms with Gasteiger partial charge in [-0.05, 0) is 131 Å². The number of hydrogen-bond acceptors (Lipinski definition) is 8. The van der Waals surface area contributed by atoms with Gasteiger partial charge in [-0.2, -0.15) is 0 Å². The van der Waals surface area contributed by atoms with Gasteiger partial charge in [-0.3, -0.25) is 0 Å². The Kier molecular flexibility index (Phi) is 10.7. The Morgan fingerprint density at radius 2 is 0.981 bits per heavy atom. The Balaban J connectivity index is 0.000000164. The fourth-order valence-electron chi connectivity index (χ4n) is 8.40. The molecule has 0 unspecified atom stereocenters. The number of halogens is 2. The average molecular weight is 763 g/mol. The highest BCUT2D eigenvalue weighted by Crippen LogP contribution is 2.44. The molecule has 0 bridgehead atoms. The Labute approximate surface area is 312 Å². The van der Waals surface area contributed by atoms with Gasteiger partial charge in [-0.25, -0.2) is 25.6 Å². The molecule has 4 aromatic carbocycles. The average Bonchev–Trinajstić information content (AvgIpc) is 3.50. The maximum Gasteiger partial charge on any atom is 0.206 e. The van der Waals surface area contributed by atoms with E-state index in [1.54, 1.807) is 30.3 Å². The van der Waals surface area contributed by atoms with E-state index in [4.69, 9.17) is 0 Å². The summed E-state index contributed by atoms with van der Waals surface area (Å²) in [5, 5.41) is 7.14. The molecule has 0 aliphatic carbocycles. The van der Waals surface area contributed by atoms with E-state index in [0.29, 0.717) is 33.9 Å². The molecule has 8 rings (SSSR count). The van der Waals surface area contributed by atoms with E-state index in [-0.39, 0.29) is 15.7 Å². The van der Waals surface area contributed by atoms with E-state index in [1.165, 1.54) is 11.6 Å². The Morgan fingerprint density at radius 1 is 0.566 bits per heavy atom. The SMILES string of the molecule is CCN1CC[C@@H]2c3cc(S(=O)(=O)c4cc(F)cc(F)c4)ccc3N[C@@H]2CC1.CCN1CC[C@@H]2c3cc(S(=O)(=O)c4ccc(C)cc4)ccc3N[C@@H]2CC1. The fraction of sp³-hybridized carbons (Fsp3) is 0.415. The van der Waals surface area contributed by atoms with E-state index >= 15 is 0 Å². The summed E-state index contributed by atoms with van der Waals surface area (Å²) in [6.45, 7) is 12.6. The Morgan fingerprint density at radius 3 is 1.43 bits per heavy atom. The van der Waals surface area contributed by atoms with Crippen molar-refractivity contribution in [2.24, 2.45) is 0 Å². The van der Waals surface area contributed by atoms with E-state index in [0.717, 1.165) is 99.6 Å². The van der Waals surface area contributed by atoms with Gasteiger partial charge in [0, 0.05) is 54.5 Å². The van der Waals surface area contributed by atoms with Crippen LogP contribution in [0.2, 0.25) is 0 Å². The number of benzene rings is 4. The first-order chi connectivity index (χ1) is 25.4. The highest BCUT2D eigenvalue weighted by Gasteiger charge is 2.37. The molecular formula is C41H48F2N4O4S2. The lowest BCUT2D eigenvalue weighted by Gasteiger charge is -2.17. The van der Waals surface area contributed by atoms with Gasteiger partial charge in [0.25, 0.3) is 0 Å². The van der Waals surface area contributed by atoms with Crippen LogP contribution < -0.4 is 10.6 Å². The number of sulfone groups is 2. The molecule has 0 aromatic heterocycles. The third-order valence-corrected chi connectivity index (χ3v) is 15.0. The number of nitrogens with zero attached hydrogens (tertiary/aromatic N) is 2. The number of hydrogen-bond donors (Lipinski definition) is 2. The van der Waals surface area contributed by atoms with E-state index in [2.05, 4.69) is 34.3 Å². The standard InChI is InChI=1S/C21H26N2O2S.C20H22F2N2O2S/c1-3-23-12-10-18-19-14-17(8-9-20(19)22-21(18)11-13-23)26(24,25)16-6-4-15(2)5-7-16;1-2-24-7-5-17-18-12-15(3-4-19(18)23-20(17)6-8-24)27(25,26)16-10-13(21)9-14(22)11-16/h4-9,14,18,21-22H,3,10-13H2,1-2H3;3-4,9-12,17,20,23H,2,5-8H2,1H3/t18-,21-;17-,20-/m11/s1. The second-order valence-electron chi connectivity index (χ2n) is 14.7. The second-order valence-corrected chi connectivity index (χ2v) is 18.6. The first kappa shape index (κ1) is 37.5. The molecule has 2 N–H and O–H groups in total.